The summed E-state index contributed by atoms with van der Waals surface area (Å²) in [7, 11) is 0. The zero-order valence-corrected chi connectivity index (χ0v) is 12.7. The molecule has 0 aliphatic rings. The van der Waals surface area contributed by atoms with Crippen LogP contribution in [0.25, 0.3) is 0 Å². The van der Waals surface area contributed by atoms with Crippen LogP contribution in [0.15, 0.2) is 30.3 Å². The highest BCUT2D eigenvalue weighted by Gasteiger charge is 2.19. The number of aryl methyl sites for hydroxylation is 2. The van der Waals surface area contributed by atoms with E-state index in [0.29, 0.717) is 10.6 Å². The first-order chi connectivity index (χ1) is 8.91. The number of alkyl halides is 1. The SMILES string of the molecule is Cc1cc(C(Cl)c2cccc(F)c2Cl)c(C)cc1Cl. The lowest BCUT2D eigenvalue weighted by atomic mass is 9.98. The second-order valence-electron chi connectivity index (χ2n) is 4.46. The van der Waals surface area contributed by atoms with Crippen molar-refractivity contribution in [2.45, 2.75) is 19.2 Å². The van der Waals surface area contributed by atoms with Crippen LogP contribution in [0.3, 0.4) is 0 Å². The Labute approximate surface area is 127 Å². The Morgan fingerprint density at radius 1 is 1.00 bits per heavy atom. The number of hydrogen-bond acceptors (Lipinski definition) is 0. The van der Waals surface area contributed by atoms with Crippen LogP contribution < -0.4 is 0 Å². The molecule has 0 N–H and O–H groups in total. The molecule has 0 aromatic heterocycles. The van der Waals surface area contributed by atoms with Gasteiger partial charge in [-0.15, -0.1) is 11.6 Å². The highest BCUT2D eigenvalue weighted by atomic mass is 35.5. The zero-order valence-electron chi connectivity index (χ0n) is 10.5. The summed E-state index contributed by atoms with van der Waals surface area (Å²) in [4.78, 5) is 0. The van der Waals surface area contributed by atoms with Crippen molar-refractivity contribution in [2.24, 2.45) is 0 Å². The molecule has 0 spiro atoms. The molecule has 0 nitrogen and oxygen atoms in total. The second-order valence-corrected chi connectivity index (χ2v) is 5.69. The summed E-state index contributed by atoms with van der Waals surface area (Å²) in [5.74, 6) is -0.465. The fraction of sp³-hybridized carbons (Fsp3) is 0.200. The van der Waals surface area contributed by atoms with Crippen LogP contribution in [-0.2, 0) is 0 Å². The first-order valence-electron chi connectivity index (χ1n) is 5.76. The standard InChI is InChI=1S/C15H12Cl3F/c1-8-7-12(16)9(2)6-11(8)14(17)10-4-3-5-13(19)15(10)18/h3-7,14H,1-2H3. The van der Waals surface area contributed by atoms with Crippen molar-refractivity contribution < 1.29 is 4.39 Å². The van der Waals surface area contributed by atoms with Gasteiger partial charge in [-0.2, -0.15) is 0 Å². The van der Waals surface area contributed by atoms with Gasteiger partial charge in [-0.25, -0.2) is 4.39 Å². The molecule has 1 unspecified atom stereocenters. The van der Waals surface area contributed by atoms with Gasteiger partial charge in [0.25, 0.3) is 0 Å². The number of rotatable bonds is 2. The first kappa shape index (κ1) is 14.6. The van der Waals surface area contributed by atoms with Crippen molar-refractivity contribution in [3.63, 3.8) is 0 Å². The normalized spacial score (nSPS) is 12.5. The van der Waals surface area contributed by atoms with Crippen molar-refractivity contribution in [3.8, 4) is 0 Å². The van der Waals surface area contributed by atoms with E-state index in [1.807, 2.05) is 26.0 Å². The Balaban J connectivity index is 2.53. The minimum atomic E-state index is -0.501. The lowest BCUT2D eigenvalue weighted by molar-refractivity contribution is 0.626. The van der Waals surface area contributed by atoms with Gasteiger partial charge in [-0.3, -0.25) is 0 Å². The summed E-state index contributed by atoms with van der Waals surface area (Å²) in [5, 5.41) is 0.254. The van der Waals surface area contributed by atoms with Crippen LogP contribution in [-0.4, -0.2) is 0 Å². The third-order valence-corrected chi connectivity index (χ3v) is 4.35. The largest absolute Gasteiger partial charge is 0.205 e. The summed E-state index contributed by atoms with van der Waals surface area (Å²) >= 11 is 18.5. The van der Waals surface area contributed by atoms with Crippen LogP contribution in [0, 0.1) is 19.7 Å². The van der Waals surface area contributed by atoms with Gasteiger partial charge in [0.1, 0.15) is 5.82 Å². The van der Waals surface area contributed by atoms with Gasteiger partial charge in [-0.05, 0) is 48.2 Å². The highest BCUT2D eigenvalue weighted by molar-refractivity contribution is 6.33. The lowest BCUT2D eigenvalue weighted by Gasteiger charge is -2.16. The van der Waals surface area contributed by atoms with Gasteiger partial charge in [0, 0.05) is 5.02 Å². The average Bonchev–Trinajstić information content (AvgIpc) is 2.36. The summed E-state index contributed by atoms with van der Waals surface area (Å²) in [6, 6.07) is 8.41. The summed E-state index contributed by atoms with van der Waals surface area (Å²) in [6.07, 6.45) is 0. The molecule has 0 radical (unpaired) electrons. The number of halogens is 4. The summed E-state index contributed by atoms with van der Waals surface area (Å²) < 4.78 is 13.5. The molecule has 0 amide bonds. The van der Waals surface area contributed by atoms with Crippen molar-refractivity contribution in [3.05, 3.63) is 68.4 Å². The van der Waals surface area contributed by atoms with Crippen molar-refractivity contribution in [1.82, 2.24) is 0 Å². The molecule has 1 atom stereocenters. The fourth-order valence-electron chi connectivity index (χ4n) is 1.96. The lowest BCUT2D eigenvalue weighted by Crippen LogP contribution is -1.99. The quantitative estimate of drug-likeness (QED) is 0.589. The number of benzene rings is 2. The van der Waals surface area contributed by atoms with Gasteiger partial charge in [0.05, 0.1) is 10.4 Å². The highest BCUT2D eigenvalue weighted by Crippen LogP contribution is 2.37. The van der Waals surface area contributed by atoms with E-state index < -0.39 is 11.2 Å². The van der Waals surface area contributed by atoms with Crippen LogP contribution in [0.2, 0.25) is 10.0 Å². The van der Waals surface area contributed by atoms with Gasteiger partial charge in [0.15, 0.2) is 0 Å². The third-order valence-electron chi connectivity index (χ3n) is 3.07. The summed E-state index contributed by atoms with van der Waals surface area (Å²) in [6.45, 7) is 3.82. The maximum Gasteiger partial charge on any atom is 0.142 e. The molecule has 0 bridgehead atoms. The molecule has 0 aliphatic carbocycles. The molecule has 2 aromatic carbocycles. The third kappa shape index (κ3) is 2.89. The maximum absolute atomic E-state index is 13.5. The van der Waals surface area contributed by atoms with Crippen LogP contribution >= 0.6 is 34.8 Å². The molecule has 0 saturated carbocycles. The van der Waals surface area contributed by atoms with Gasteiger partial charge >= 0.3 is 0 Å². The molecule has 0 fully saturated rings. The van der Waals surface area contributed by atoms with Crippen molar-refractivity contribution >= 4 is 34.8 Å². The Morgan fingerprint density at radius 2 is 1.68 bits per heavy atom. The van der Waals surface area contributed by atoms with Crippen LogP contribution in [0.1, 0.15) is 27.6 Å². The molecular weight excluding hydrogens is 306 g/mol. The Hall–Kier alpha value is -0.760. The average molecular weight is 318 g/mol. The van der Waals surface area contributed by atoms with E-state index in [-0.39, 0.29) is 5.02 Å². The van der Waals surface area contributed by atoms with Crippen LogP contribution in [0.5, 0.6) is 0 Å². The molecule has 0 saturated heterocycles. The molecule has 2 aromatic rings. The molecular formula is C15H12Cl3F. The summed E-state index contributed by atoms with van der Waals surface area (Å²) in [5.41, 5.74) is 3.33. The minimum Gasteiger partial charge on any atom is -0.205 e. The van der Waals surface area contributed by atoms with Crippen molar-refractivity contribution in [1.29, 1.82) is 0 Å². The van der Waals surface area contributed by atoms with Crippen molar-refractivity contribution in [2.75, 3.05) is 0 Å². The van der Waals surface area contributed by atoms with E-state index in [4.69, 9.17) is 34.8 Å². The molecule has 4 heteroatoms. The van der Waals surface area contributed by atoms with E-state index in [1.54, 1.807) is 12.1 Å². The smallest absolute Gasteiger partial charge is 0.142 e. The predicted molar refractivity (Wildman–Crippen MR) is 80.0 cm³/mol. The zero-order chi connectivity index (χ0) is 14.2. The Morgan fingerprint density at radius 3 is 2.37 bits per heavy atom. The number of hydrogen-bond donors (Lipinski definition) is 0. The van der Waals surface area contributed by atoms with Gasteiger partial charge < -0.3 is 0 Å². The second kappa shape index (κ2) is 5.70. The van der Waals surface area contributed by atoms with E-state index >= 15 is 0 Å². The first-order valence-corrected chi connectivity index (χ1v) is 6.95. The van der Waals surface area contributed by atoms with Gasteiger partial charge in [-0.1, -0.05) is 41.4 Å². The maximum atomic E-state index is 13.5. The van der Waals surface area contributed by atoms with E-state index in [1.165, 1.54) is 6.07 Å². The fourth-order valence-corrected chi connectivity index (χ4v) is 2.89. The minimum absolute atomic E-state index is 0.0644. The van der Waals surface area contributed by atoms with Crippen LogP contribution in [0.4, 0.5) is 4.39 Å². The topological polar surface area (TPSA) is 0 Å². The predicted octanol–water partition coefficient (Wildman–Crippen LogP) is 6.08. The van der Waals surface area contributed by atoms with E-state index in [2.05, 4.69) is 0 Å². The molecule has 2 rings (SSSR count). The Kier molecular flexibility index (Phi) is 4.39. The molecule has 0 heterocycles. The molecule has 0 aliphatic heterocycles. The molecule has 100 valence electrons. The Bertz CT molecular complexity index is 623. The monoisotopic (exact) mass is 316 g/mol. The van der Waals surface area contributed by atoms with E-state index in [9.17, 15) is 4.39 Å². The molecule has 19 heavy (non-hydrogen) atoms. The van der Waals surface area contributed by atoms with Gasteiger partial charge in [0.2, 0.25) is 0 Å². The van der Waals surface area contributed by atoms with E-state index in [0.717, 1.165) is 16.7 Å².